The maximum absolute atomic E-state index is 10.9. The zero-order valence-corrected chi connectivity index (χ0v) is 10.7. The van der Waals surface area contributed by atoms with Gasteiger partial charge in [-0.1, -0.05) is 12.1 Å². The summed E-state index contributed by atoms with van der Waals surface area (Å²) in [6.07, 6.45) is 0. The zero-order valence-electron chi connectivity index (χ0n) is 9.92. The molecule has 1 fully saturated rings. The Kier molecular flexibility index (Phi) is 3.98. The lowest BCUT2D eigenvalue weighted by atomic mass is 10.1. The molecule has 3 N–H and O–H groups in total. The van der Waals surface area contributed by atoms with Gasteiger partial charge in [-0.3, -0.25) is 10.1 Å². The molecule has 2 atom stereocenters. The molecule has 1 heterocycles. The van der Waals surface area contributed by atoms with E-state index in [0.29, 0.717) is 23.7 Å². The van der Waals surface area contributed by atoms with Gasteiger partial charge in [0.2, 0.25) is 0 Å². The van der Waals surface area contributed by atoms with E-state index in [9.17, 15) is 9.90 Å². The highest BCUT2D eigenvalue weighted by Crippen LogP contribution is 2.41. The van der Waals surface area contributed by atoms with Crippen molar-refractivity contribution in [3.8, 4) is 11.5 Å². The topological polar surface area (TPSA) is 78.8 Å². The smallest absolute Gasteiger partial charge is 0.321 e. The van der Waals surface area contributed by atoms with E-state index in [1.165, 1.54) is 11.8 Å². The van der Waals surface area contributed by atoms with Gasteiger partial charge in [0.05, 0.1) is 12.0 Å². The van der Waals surface area contributed by atoms with Crippen molar-refractivity contribution in [3.63, 3.8) is 0 Å². The van der Waals surface area contributed by atoms with Crippen molar-refractivity contribution in [1.29, 1.82) is 0 Å². The number of benzene rings is 1. The van der Waals surface area contributed by atoms with Crippen molar-refractivity contribution >= 4 is 17.7 Å². The fourth-order valence-electron chi connectivity index (χ4n) is 1.82. The highest BCUT2D eigenvalue weighted by atomic mass is 32.2. The number of para-hydroxylation sites is 1. The summed E-state index contributed by atoms with van der Waals surface area (Å²) in [5.41, 5.74) is 0.662. The molecule has 0 aliphatic carbocycles. The Balaban J connectivity index is 2.19. The van der Waals surface area contributed by atoms with Crippen LogP contribution in [0.3, 0.4) is 0 Å². The predicted octanol–water partition coefficient (Wildman–Crippen LogP) is 1.58. The van der Waals surface area contributed by atoms with E-state index in [0.717, 1.165) is 0 Å². The van der Waals surface area contributed by atoms with Gasteiger partial charge in [0.1, 0.15) is 6.04 Å². The van der Waals surface area contributed by atoms with Crippen LogP contribution in [0.15, 0.2) is 18.2 Å². The molecule has 0 saturated carbocycles. The maximum atomic E-state index is 10.9. The van der Waals surface area contributed by atoms with E-state index in [4.69, 9.17) is 9.84 Å². The van der Waals surface area contributed by atoms with Crippen LogP contribution in [-0.2, 0) is 4.79 Å². The summed E-state index contributed by atoms with van der Waals surface area (Å²) in [4.78, 5) is 10.9. The fraction of sp³-hybridized carbons (Fsp3) is 0.417. The SMILES string of the molecule is CCOc1cccc(C2NC(C(=O)O)CS2)c1O. The van der Waals surface area contributed by atoms with Gasteiger partial charge >= 0.3 is 5.97 Å². The minimum absolute atomic E-state index is 0.0791. The number of carbonyl (C=O) groups is 1. The summed E-state index contributed by atoms with van der Waals surface area (Å²) in [5.74, 6) is 0.121. The number of aromatic hydroxyl groups is 1. The Morgan fingerprint density at radius 3 is 3.00 bits per heavy atom. The summed E-state index contributed by atoms with van der Waals surface area (Å²) in [6, 6.07) is 4.68. The second kappa shape index (κ2) is 5.49. The first-order valence-corrected chi connectivity index (χ1v) is 6.73. The molecule has 1 aromatic carbocycles. The molecule has 5 nitrogen and oxygen atoms in total. The van der Waals surface area contributed by atoms with Crippen molar-refractivity contribution in [2.45, 2.75) is 18.3 Å². The fourth-order valence-corrected chi connectivity index (χ4v) is 3.07. The lowest BCUT2D eigenvalue weighted by Gasteiger charge is -2.15. The molecule has 98 valence electrons. The van der Waals surface area contributed by atoms with Crippen molar-refractivity contribution < 1.29 is 19.7 Å². The van der Waals surface area contributed by atoms with Crippen molar-refractivity contribution in [2.24, 2.45) is 0 Å². The van der Waals surface area contributed by atoms with Gasteiger partial charge < -0.3 is 14.9 Å². The number of hydrogen-bond donors (Lipinski definition) is 3. The van der Waals surface area contributed by atoms with E-state index in [1.807, 2.05) is 6.92 Å². The molecule has 0 spiro atoms. The van der Waals surface area contributed by atoms with Crippen LogP contribution in [0.25, 0.3) is 0 Å². The number of carboxylic acid groups (broad SMARTS) is 1. The molecule has 2 rings (SSSR count). The lowest BCUT2D eigenvalue weighted by molar-refractivity contribution is -0.138. The minimum atomic E-state index is -0.870. The lowest BCUT2D eigenvalue weighted by Crippen LogP contribution is -2.33. The molecule has 2 unspecified atom stereocenters. The highest BCUT2D eigenvalue weighted by Gasteiger charge is 2.32. The number of phenols is 1. The first kappa shape index (κ1) is 13.0. The van der Waals surface area contributed by atoms with Gasteiger partial charge in [0.25, 0.3) is 0 Å². The van der Waals surface area contributed by atoms with Crippen LogP contribution in [0.5, 0.6) is 11.5 Å². The van der Waals surface area contributed by atoms with Gasteiger partial charge in [0.15, 0.2) is 11.5 Å². The minimum Gasteiger partial charge on any atom is -0.504 e. The predicted molar refractivity (Wildman–Crippen MR) is 69.0 cm³/mol. The Labute approximate surface area is 109 Å². The third kappa shape index (κ3) is 2.54. The van der Waals surface area contributed by atoms with E-state index in [-0.39, 0.29) is 11.1 Å². The molecule has 0 bridgehead atoms. The molecule has 1 aliphatic rings. The van der Waals surface area contributed by atoms with E-state index in [1.54, 1.807) is 18.2 Å². The Bertz CT molecular complexity index is 452. The number of ether oxygens (including phenoxy) is 1. The molecular weight excluding hydrogens is 254 g/mol. The second-order valence-electron chi connectivity index (χ2n) is 3.90. The number of thioether (sulfide) groups is 1. The number of phenolic OH excluding ortho intramolecular Hbond substituents is 1. The van der Waals surface area contributed by atoms with Gasteiger partial charge in [0, 0.05) is 11.3 Å². The molecular formula is C12H15NO4S. The first-order chi connectivity index (χ1) is 8.63. The molecule has 0 amide bonds. The van der Waals surface area contributed by atoms with Crippen LogP contribution in [-0.4, -0.2) is 34.6 Å². The Hall–Kier alpha value is -1.40. The van der Waals surface area contributed by atoms with Crippen molar-refractivity contribution in [2.75, 3.05) is 12.4 Å². The standard InChI is InChI=1S/C12H15NO4S/c1-2-17-9-5-3-4-7(10(9)14)11-13-8(6-18-11)12(15)16/h3-5,8,11,13-14H,2,6H2,1H3,(H,15,16). The Morgan fingerprint density at radius 1 is 1.61 bits per heavy atom. The first-order valence-electron chi connectivity index (χ1n) is 5.68. The van der Waals surface area contributed by atoms with Crippen LogP contribution in [0.2, 0.25) is 0 Å². The van der Waals surface area contributed by atoms with Crippen molar-refractivity contribution in [3.05, 3.63) is 23.8 Å². The van der Waals surface area contributed by atoms with Crippen LogP contribution in [0.4, 0.5) is 0 Å². The molecule has 0 aromatic heterocycles. The summed E-state index contributed by atoms with van der Waals surface area (Å²) >= 11 is 1.47. The molecule has 1 aliphatic heterocycles. The van der Waals surface area contributed by atoms with E-state index < -0.39 is 12.0 Å². The van der Waals surface area contributed by atoms with Crippen LogP contribution >= 0.6 is 11.8 Å². The van der Waals surface area contributed by atoms with Gasteiger partial charge in [-0.15, -0.1) is 11.8 Å². The normalized spacial score (nSPS) is 22.9. The summed E-state index contributed by atoms with van der Waals surface area (Å²) in [6.45, 7) is 2.31. The van der Waals surface area contributed by atoms with Gasteiger partial charge in [-0.2, -0.15) is 0 Å². The number of carboxylic acids is 1. The maximum Gasteiger partial charge on any atom is 0.321 e. The average Bonchev–Trinajstić information content (AvgIpc) is 2.81. The third-order valence-corrected chi connectivity index (χ3v) is 3.94. The number of aliphatic carboxylic acids is 1. The monoisotopic (exact) mass is 269 g/mol. The molecule has 1 saturated heterocycles. The Morgan fingerprint density at radius 2 is 2.39 bits per heavy atom. The van der Waals surface area contributed by atoms with Crippen LogP contribution in [0, 0.1) is 0 Å². The van der Waals surface area contributed by atoms with E-state index in [2.05, 4.69) is 5.32 Å². The number of rotatable bonds is 4. The summed E-state index contributed by atoms with van der Waals surface area (Å²) in [5, 5.41) is 21.8. The molecule has 1 aromatic rings. The third-order valence-electron chi connectivity index (χ3n) is 2.69. The summed E-state index contributed by atoms with van der Waals surface area (Å²) < 4.78 is 5.31. The van der Waals surface area contributed by atoms with Crippen molar-refractivity contribution in [1.82, 2.24) is 5.32 Å². The second-order valence-corrected chi connectivity index (χ2v) is 5.04. The summed E-state index contributed by atoms with van der Waals surface area (Å²) in [7, 11) is 0. The number of hydrogen-bond acceptors (Lipinski definition) is 5. The highest BCUT2D eigenvalue weighted by molar-refractivity contribution is 7.99. The van der Waals surface area contributed by atoms with Gasteiger partial charge in [-0.05, 0) is 13.0 Å². The van der Waals surface area contributed by atoms with Gasteiger partial charge in [-0.25, -0.2) is 0 Å². The zero-order chi connectivity index (χ0) is 13.1. The molecule has 18 heavy (non-hydrogen) atoms. The quantitative estimate of drug-likeness (QED) is 0.770. The van der Waals surface area contributed by atoms with Crippen LogP contribution < -0.4 is 10.1 Å². The average molecular weight is 269 g/mol. The molecule has 0 radical (unpaired) electrons. The van der Waals surface area contributed by atoms with E-state index >= 15 is 0 Å². The number of nitrogens with one attached hydrogen (secondary N) is 1. The molecule has 6 heteroatoms. The van der Waals surface area contributed by atoms with Crippen LogP contribution in [0.1, 0.15) is 17.9 Å². The largest absolute Gasteiger partial charge is 0.504 e.